The van der Waals surface area contributed by atoms with Crippen LogP contribution in [0.15, 0.2) is 97.1 Å². The van der Waals surface area contributed by atoms with Crippen molar-refractivity contribution < 1.29 is 74.1 Å². The van der Waals surface area contributed by atoms with Crippen molar-refractivity contribution in [1.29, 1.82) is 0 Å². The Balaban J connectivity index is 0.000000502. The van der Waals surface area contributed by atoms with Gasteiger partial charge in [-0.2, -0.15) is 0 Å². The molecule has 0 saturated carbocycles. The van der Waals surface area contributed by atoms with Gasteiger partial charge in [-0.05, 0) is 106 Å². The van der Waals surface area contributed by atoms with Gasteiger partial charge in [-0.15, -0.1) is 0 Å². The fourth-order valence-corrected chi connectivity index (χ4v) is 7.60. The van der Waals surface area contributed by atoms with Gasteiger partial charge >= 0.3 is 21.7 Å². The Bertz CT molecular complexity index is 2250. The Morgan fingerprint density at radius 2 is 0.544 bits per heavy atom. The molecule has 10 heteroatoms. The summed E-state index contributed by atoms with van der Waals surface area (Å²) >= 11 is 0. The van der Waals surface area contributed by atoms with Crippen molar-refractivity contribution in [2.24, 2.45) is 0 Å². The number of aromatic hydroxyl groups is 6. The summed E-state index contributed by atoms with van der Waals surface area (Å²) in [5.41, 5.74) is 25.5. The van der Waals surface area contributed by atoms with Crippen LogP contribution >= 0.6 is 0 Å². The van der Waals surface area contributed by atoms with Crippen LogP contribution in [0.2, 0.25) is 0 Å². The Kier molecular flexibility index (Phi) is 22.1. The minimum atomic E-state index is -0.129. The van der Waals surface area contributed by atoms with Gasteiger partial charge in [0.1, 0.15) is 34.5 Å². The van der Waals surface area contributed by atoms with E-state index in [1.165, 1.54) is 24.3 Å². The monoisotopic (exact) mass is 992 g/mol. The first-order valence-electron chi connectivity index (χ1n) is 22.5. The third-order valence-electron chi connectivity index (χ3n) is 11.1. The Morgan fingerprint density at radius 3 is 0.691 bits per heavy atom. The molecule has 6 aromatic carbocycles. The van der Waals surface area contributed by atoms with E-state index >= 15 is 0 Å². The van der Waals surface area contributed by atoms with Crippen molar-refractivity contribution >= 4 is 11.4 Å². The normalized spacial score (nSPS) is 11.3. The molecule has 0 unspecified atom stereocenters. The van der Waals surface area contributed by atoms with Gasteiger partial charge in [0.15, 0.2) is 0 Å². The first-order valence-corrected chi connectivity index (χ1v) is 22.5. The van der Waals surface area contributed by atoms with E-state index in [0.717, 1.165) is 66.8 Å². The summed E-state index contributed by atoms with van der Waals surface area (Å²) in [6.45, 7) is 33.5. The van der Waals surface area contributed by atoms with Crippen LogP contribution in [0.5, 0.6) is 34.5 Å². The fraction of sp³-hybridized carbons (Fsp3) is 0.379. The number of hydrogen-bond donors (Lipinski definition) is 6. The number of nitrogens with one attached hydrogen (secondary N) is 2. The molecule has 0 fully saturated rings. The number of phenols is 6. The zero-order valence-electron chi connectivity index (χ0n) is 43.3. The maximum atomic E-state index is 10.8. The number of phenolic OH excluding ortho intramolecular Hbond substituents is 6. The number of para-hydroxylation sites is 2. The minimum Gasteiger partial charge on any atom is -0.696 e. The molecule has 0 radical (unpaired) electrons. The quantitative estimate of drug-likeness (QED) is 0.0759. The molecular formula is C58H76N2O6Ti2. The van der Waals surface area contributed by atoms with Crippen LogP contribution in [0.3, 0.4) is 0 Å². The van der Waals surface area contributed by atoms with Crippen LogP contribution in [0, 0.1) is 27.7 Å². The van der Waals surface area contributed by atoms with Crippen molar-refractivity contribution in [2.75, 3.05) is 0 Å². The van der Waals surface area contributed by atoms with Crippen molar-refractivity contribution in [3.8, 4) is 34.5 Å². The molecule has 8 N–H and O–H groups in total. The Morgan fingerprint density at radius 1 is 0.353 bits per heavy atom. The van der Waals surface area contributed by atoms with E-state index in [2.05, 4.69) is 135 Å². The van der Waals surface area contributed by atoms with E-state index in [9.17, 15) is 20.4 Å². The predicted molar refractivity (Wildman–Crippen MR) is 276 cm³/mol. The summed E-state index contributed by atoms with van der Waals surface area (Å²) in [5, 5.41) is 60.7. The molecule has 0 amide bonds. The van der Waals surface area contributed by atoms with Gasteiger partial charge < -0.3 is 42.1 Å². The zero-order valence-corrected chi connectivity index (χ0v) is 46.5. The molecule has 362 valence electrons. The van der Waals surface area contributed by atoms with Crippen LogP contribution in [0.1, 0.15) is 150 Å². The molecule has 0 aromatic heterocycles. The third kappa shape index (κ3) is 17.3. The maximum absolute atomic E-state index is 10.8. The van der Waals surface area contributed by atoms with Gasteiger partial charge in [0.05, 0.1) is 0 Å². The van der Waals surface area contributed by atoms with Crippen LogP contribution in [0.4, 0.5) is 11.4 Å². The fourth-order valence-electron chi connectivity index (χ4n) is 7.60. The summed E-state index contributed by atoms with van der Waals surface area (Å²) < 4.78 is 0. The molecular weight excluding hydrogens is 916 g/mol. The Labute approximate surface area is 437 Å². The molecule has 0 heterocycles. The van der Waals surface area contributed by atoms with Gasteiger partial charge in [0.25, 0.3) is 0 Å². The summed E-state index contributed by atoms with van der Waals surface area (Å²) in [5.74, 6) is 1.44. The first kappa shape index (κ1) is 61.2. The number of rotatable bonds is 4. The van der Waals surface area contributed by atoms with E-state index in [1.807, 2.05) is 24.3 Å². The molecule has 0 atom stereocenters. The predicted octanol–water partition coefficient (Wildman–Crippen LogP) is 15.9. The van der Waals surface area contributed by atoms with Crippen molar-refractivity contribution in [3.63, 3.8) is 0 Å². The summed E-state index contributed by atoms with van der Waals surface area (Å²) in [7, 11) is 0. The third-order valence-corrected chi connectivity index (χ3v) is 11.1. The van der Waals surface area contributed by atoms with E-state index in [4.69, 9.17) is 21.7 Å². The second-order valence-corrected chi connectivity index (χ2v) is 21.7. The van der Waals surface area contributed by atoms with E-state index in [0.29, 0.717) is 35.8 Å². The average molecular weight is 993 g/mol. The van der Waals surface area contributed by atoms with Crippen LogP contribution in [-0.2, 0) is 77.9 Å². The SMILES string of the molecule is Cc1cc(Cc2cc(C)cc(C(C)(C)C)c2O)c(O)c(C(C)(C)C)c1.Cc1cc(Cc2cc(C)cc(C(C)(C)C)c2O)c(O)c(C(C)(C)C)c1.[NH-]c1ccccc1O.[NH-]c1ccccc1O.[Ti+2].[Ti]. The van der Waals surface area contributed by atoms with Crippen molar-refractivity contribution in [3.05, 3.63) is 175 Å². The van der Waals surface area contributed by atoms with Crippen molar-refractivity contribution in [1.82, 2.24) is 0 Å². The summed E-state index contributed by atoms with van der Waals surface area (Å²) in [4.78, 5) is 0. The zero-order chi connectivity index (χ0) is 50.3. The second-order valence-electron chi connectivity index (χ2n) is 21.7. The molecule has 0 aliphatic carbocycles. The smallest absolute Gasteiger partial charge is 0.696 e. The first-order chi connectivity index (χ1) is 30.2. The molecule has 8 nitrogen and oxygen atoms in total. The molecule has 0 aliphatic heterocycles. The van der Waals surface area contributed by atoms with E-state index in [1.54, 1.807) is 24.3 Å². The summed E-state index contributed by atoms with van der Waals surface area (Å²) in [6.07, 6.45) is 1.04. The molecule has 68 heavy (non-hydrogen) atoms. The number of hydrogen-bond acceptors (Lipinski definition) is 6. The molecule has 0 bridgehead atoms. The Hall–Kier alpha value is -4.85. The maximum Gasteiger partial charge on any atom is 2.00 e. The van der Waals surface area contributed by atoms with Crippen molar-refractivity contribution in [2.45, 2.75) is 145 Å². The standard InChI is InChI=1S/2C23H32O2.2C6H6NO.2Ti/c2*1-14-9-16(20(24)18(11-14)22(3,4)5)13-17-10-15(2)12-19(21(17)25)23(6,7)8;2*7-5-3-1-2-4-6(5)8;;/h2*9-12,24-25H,13H2,1-8H3;2*1-4,7-8H;;/q;;2*-1;;+2. The average Bonchev–Trinajstić information content (AvgIpc) is 3.18. The molecule has 0 aliphatic rings. The minimum absolute atomic E-state index is 0. The van der Waals surface area contributed by atoms with Gasteiger partial charge in [-0.25, -0.2) is 0 Å². The van der Waals surface area contributed by atoms with Gasteiger partial charge in [-0.1, -0.05) is 202 Å². The van der Waals surface area contributed by atoms with E-state index in [-0.39, 0.29) is 88.0 Å². The number of aryl methyl sites for hydroxylation is 4. The van der Waals surface area contributed by atoms with Crippen LogP contribution < -0.4 is 0 Å². The van der Waals surface area contributed by atoms with Gasteiger partial charge in [0.2, 0.25) is 0 Å². The topological polar surface area (TPSA) is 169 Å². The molecule has 6 rings (SSSR count). The van der Waals surface area contributed by atoms with E-state index < -0.39 is 0 Å². The molecule has 0 saturated heterocycles. The summed E-state index contributed by atoms with van der Waals surface area (Å²) in [6, 6.07) is 29.1. The molecule has 0 spiro atoms. The number of benzene rings is 6. The van der Waals surface area contributed by atoms with Gasteiger partial charge in [-0.3, -0.25) is 0 Å². The molecule has 6 aromatic rings. The van der Waals surface area contributed by atoms with Gasteiger partial charge in [0, 0.05) is 34.6 Å². The second kappa shape index (κ2) is 24.6. The largest absolute Gasteiger partial charge is 2.00 e. The van der Waals surface area contributed by atoms with Crippen LogP contribution in [-0.4, -0.2) is 30.6 Å². The van der Waals surface area contributed by atoms with Crippen LogP contribution in [0.25, 0.3) is 11.5 Å².